The van der Waals surface area contributed by atoms with Crippen LogP contribution in [0, 0.1) is 10.1 Å². The number of nitrogens with zero attached hydrogens (tertiary/aromatic N) is 1. The Bertz CT molecular complexity index is 485. The second-order valence-electron chi connectivity index (χ2n) is 3.48. The van der Waals surface area contributed by atoms with Gasteiger partial charge in [0.2, 0.25) is 5.70 Å². The minimum absolute atomic E-state index is 0.0951. The largest absolute Gasteiger partial charge is 0.496 e. The Kier molecular flexibility index (Phi) is 4.97. The predicted molar refractivity (Wildman–Crippen MR) is 69.8 cm³/mol. The van der Waals surface area contributed by atoms with Crippen LogP contribution in [0.1, 0.15) is 18.9 Å². The highest BCUT2D eigenvalue weighted by Crippen LogP contribution is 2.33. The van der Waals surface area contributed by atoms with Crippen LogP contribution in [0.15, 0.2) is 17.8 Å². The van der Waals surface area contributed by atoms with Gasteiger partial charge in [-0.3, -0.25) is 10.1 Å². The van der Waals surface area contributed by atoms with Gasteiger partial charge in [0.25, 0.3) is 0 Å². The summed E-state index contributed by atoms with van der Waals surface area (Å²) in [6, 6.07) is 3.18. The highest BCUT2D eigenvalue weighted by atomic mass is 35.5. The molecule has 0 aromatic heterocycles. The Morgan fingerprint density at radius 2 is 2.00 bits per heavy atom. The second-order valence-corrected chi connectivity index (χ2v) is 3.88. The molecule has 18 heavy (non-hydrogen) atoms. The van der Waals surface area contributed by atoms with E-state index < -0.39 is 4.92 Å². The summed E-state index contributed by atoms with van der Waals surface area (Å²) < 4.78 is 10.2. The molecule has 0 radical (unpaired) electrons. The summed E-state index contributed by atoms with van der Waals surface area (Å²) in [5.74, 6) is 0.913. The molecule has 0 aliphatic heterocycles. The lowest BCUT2D eigenvalue weighted by atomic mass is 10.1. The van der Waals surface area contributed by atoms with Crippen LogP contribution in [0.4, 0.5) is 0 Å². The first kappa shape index (κ1) is 14.3. The van der Waals surface area contributed by atoms with Crippen LogP contribution in [0.3, 0.4) is 0 Å². The number of allylic oxidation sites excluding steroid dienone is 1. The van der Waals surface area contributed by atoms with Crippen LogP contribution >= 0.6 is 11.6 Å². The Morgan fingerprint density at radius 1 is 1.39 bits per heavy atom. The summed E-state index contributed by atoms with van der Waals surface area (Å²) in [5.41, 5.74) is 0.657. The minimum atomic E-state index is -0.416. The van der Waals surface area contributed by atoms with Crippen molar-refractivity contribution in [2.24, 2.45) is 0 Å². The monoisotopic (exact) mass is 271 g/mol. The number of nitro groups is 1. The Hall–Kier alpha value is -1.75. The van der Waals surface area contributed by atoms with Gasteiger partial charge in [0.1, 0.15) is 11.5 Å². The third-order valence-corrected chi connectivity index (χ3v) is 2.72. The zero-order chi connectivity index (χ0) is 13.7. The molecule has 1 aromatic rings. The minimum Gasteiger partial charge on any atom is -0.496 e. The normalized spacial score (nSPS) is 11.2. The van der Waals surface area contributed by atoms with E-state index >= 15 is 0 Å². The number of benzene rings is 1. The summed E-state index contributed by atoms with van der Waals surface area (Å²) in [4.78, 5) is 10.4. The third-order valence-electron chi connectivity index (χ3n) is 2.42. The van der Waals surface area contributed by atoms with Gasteiger partial charge in [-0.1, -0.05) is 18.5 Å². The molecule has 0 atom stereocenters. The van der Waals surface area contributed by atoms with Crippen molar-refractivity contribution in [2.45, 2.75) is 13.3 Å². The SMILES string of the molecule is CCC(=Cc1cc(OC)c(Cl)cc1OC)[N+](=O)[O-]. The zero-order valence-corrected chi connectivity index (χ0v) is 11.2. The maximum Gasteiger partial charge on any atom is 0.246 e. The van der Waals surface area contributed by atoms with Crippen molar-refractivity contribution in [3.63, 3.8) is 0 Å². The van der Waals surface area contributed by atoms with E-state index in [1.54, 1.807) is 19.1 Å². The first-order valence-corrected chi connectivity index (χ1v) is 5.67. The lowest BCUT2D eigenvalue weighted by Gasteiger charge is -2.09. The molecule has 0 saturated carbocycles. The van der Waals surface area contributed by atoms with Gasteiger partial charge in [-0.15, -0.1) is 0 Å². The van der Waals surface area contributed by atoms with Crippen molar-refractivity contribution < 1.29 is 14.4 Å². The highest BCUT2D eigenvalue weighted by molar-refractivity contribution is 6.32. The molecule has 0 amide bonds. The van der Waals surface area contributed by atoms with Crippen molar-refractivity contribution >= 4 is 17.7 Å². The number of halogens is 1. The lowest BCUT2D eigenvalue weighted by molar-refractivity contribution is -0.425. The maximum absolute atomic E-state index is 10.8. The quantitative estimate of drug-likeness (QED) is 0.608. The maximum atomic E-state index is 10.8. The fraction of sp³-hybridized carbons (Fsp3) is 0.333. The molecule has 0 bridgehead atoms. The van der Waals surface area contributed by atoms with Crippen molar-refractivity contribution in [1.29, 1.82) is 0 Å². The molecule has 6 heteroatoms. The molecular formula is C12H14ClNO4. The Morgan fingerprint density at radius 3 is 2.44 bits per heavy atom. The Labute approximate surface area is 110 Å². The van der Waals surface area contributed by atoms with Gasteiger partial charge in [0.15, 0.2) is 0 Å². The fourth-order valence-corrected chi connectivity index (χ4v) is 1.69. The molecule has 5 nitrogen and oxygen atoms in total. The van der Waals surface area contributed by atoms with Crippen LogP contribution in [-0.4, -0.2) is 19.1 Å². The van der Waals surface area contributed by atoms with E-state index in [-0.39, 0.29) is 5.70 Å². The smallest absolute Gasteiger partial charge is 0.246 e. The molecule has 98 valence electrons. The van der Waals surface area contributed by atoms with Crippen LogP contribution in [0.5, 0.6) is 11.5 Å². The van der Waals surface area contributed by atoms with E-state index in [2.05, 4.69) is 0 Å². The summed E-state index contributed by atoms with van der Waals surface area (Å²) in [6.45, 7) is 1.72. The summed E-state index contributed by atoms with van der Waals surface area (Å²) >= 11 is 5.95. The molecule has 0 N–H and O–H groups in total. The van der Waals surface area contributed by atoms with E-state index in [4.69, 9.17) is 21.1 Å². The average molecular weight is 272 g/mol. The van der Waals surface area contributed by atoms with Gasteiger partial charge in [0.05, 0.1) is 24.2 Å². The summed E-state index contributed by atoms with van der Waals surface area (Å²) in [6.07, 6.45) is 1.78. The highest BCUT2D eigenvalue weighted by Gasteiger charge is 2.13. The van der Waals surface area contributed by atoms with Crippen LogP contribution < -0.4 is 9.47 Å². The first-order valence-electron chi connectivity index (χ1n) is 5.30. The average Bonchev–Trinajstić information content (AvgIpc) is 2.36. The van der Waals surface area contributed by atoms with Gasteiger partial charge in [0, 0.05) is 24.1 Å². The number of hydrogen-bond acceptors (Lipinski definition) is 4. The molecule has 0 saturated heterocycles. The molecule has 0 heterocycles. The number of rotatable bonds is 5. The van der Waals surface area contributed by atoms with E-state index in [1.165, 1.54) is 20.3 Å². The molecule has 1 aromatic carbocycles. The number of methoxy groups -OCH3 is 2. The van der Waals surface area contributed by atoms with Crippen LogP contribution in [0.25, 0.3) is 6.08 Å². The van der Waals surface area contributed by atoms with Gasteiger partial charge in [-0.25, -0.2) is 0 Å². The standard InChI is InChI=1S/C12H14ClNO4/c1-4-9(14(15)16)5-8-6-12(18-3)10(13)7-11(8)17-2/h5-7H,4H2,1-3H3. The fourth-order valence-electron chi connectivity index (χ4n) is 1.46. The zero-order valence-electron chi connectivity index (χ0n) is 10.4. The molecule has 0 spiro atoms. The van der Waals surface area contributed by atoms with E-state index in [0.717, 1.165) is 0 Å². The predicted octanol–water partition coefficient (Wildman–Crippen LogP) is 3.38. The number of hydrogen-bond donors (Lipinski definition) is 0. The topological polar surface area (TPSA) is 61.6 Å². The summed E-state index contributed by atoms with van der Waals surface area (Å²) in [7, 11) is 2.96. The number of ether oxygens (including phenoxy) is 2. The van der Waals surface area contributed by atoms with E-state index in [9.17, 15) is 10.1 Å². The van der Waals surface area contributed by atoms with Crippen molar-refractivity contribution in [1.82, 2.24) is 0 Å². The molecule has 0 aliphatic carbocycles. The lowest BCUT2D eigenvalue weighted by Crippen LogP contribution is -1.98. The molecule has 0 unspecified atom stereocenters. The summed E-state index contributed by atoms with van der Waals surface area (Å²) in [5, 5.41) is 11.2. The van der Waals surface area contributed by atoms with E-state index in [0.29, 0.717) is 28.5 Å². The molecule has 0 fully saturated rings. The van der Waals surface area contributed by atoms with Crippen LogP contribution in [-0.2, 0) is 0 Å². The Balaban J connectivity index is 3.33. The van der Waals surface area contributed by atoms with Crippen LogP contribution in [0.2, 0.25) is 5.02 Å². The second kappa shape index (κ2) is 6.26. The van der Waals surface area contributed by atoms with Gasteiger partial charge < -0.3 is 9.47 Å². The van der Waals surface area contributed by atoms with Gasteiger partial charge in [-0.2, -0.15) is 0 Å². The van der Waals surface area contributed by atoms with E-state index in [1.807, 2.05) is 0 Å². The third kappa shape index (κ3) is 3.13. The van der Waals surface area contributed by atoms with Gasteiger partial charge in [-0.05, 0) is 6.07 Å². The molecule has 1 rings (SSSR count). The van der Waals surface area contributed by atoms with Gasteiger partial charge >= 0.3 is 0 Å². The van der Waals surface area contributed by atoms with Crippen molar-refractivity contribution in [2.75, 3.05) is 14.2 Å². The first-order chi connectivity index (χ1) is 8.53. The van der Waals surface area contributed by atoms with Crippen molar-refractivity contribution in [3.8, 4) is 11.5 Å². The molecule has 0 aliphatic rings. The molecular weight excluding hydrogens is 258 g/mol. The van der Waals surface area contributed by atoms with Crippen molar-refractivity contribution in [3.05, 3.63) is 38.5 Å².